The van der Waals surface area contributed by atoms with Gasteiger partial charge in [0, 0.05) is 105 Å². The molecule has 0 radical (unpaired) electrons. The molecule has 4 atom stereocenters. The summed E-state index contributed by atoms with van der Waals surface area (Å²) >= 11 is 0. The summed E-state index contributed by atoms with van der Waals surface area (Å²) in [5, 5.41) is 16.8. The Labute approximate surface area is 538 Å². The number of carboxylic acid groups (broad SMARTS) is 1. The Kier molecular flexibility index (Phi) is 25.0. The second-order valence-corrected chi connectivity index (χ2v) is 24.1. The summed E-state index contributed by atoms with van der Waals surface area (Å²) in [6.07, 6.45) is -6.55. The van der Waals surface area contributed by atoms with Gasteiger partial charge in [-0.15, -0.1) is 0 Å². The lowest BCUT2D eigenvalue weighted by molar-refractivity contribution is -0.138. The standard InChI is InChI=1S/C31H35F4N5O3.C27H26F4N4O4.C8H18N2O2/c1-18-16-40(17-19(2)39(18)3)27-10-8-20(22-9-7-21(12-25(22)32)28(41)6-4-5-11-36)13-26(27)38-30(43)23-15-37-29(42)14-24(23)31(33,34)35;1-14-12-35(13-15(2)34(14)3)23-7-5-16(18-6-4-17(26(38)39)8-21(18)28)9-22(23)33-25(37)19-11-32-24(36)10-20(19)27(29,30)31;1-8(2,3)12-7(11)10-6-4-5-9/h7-10,12-15,18-19H,4-6,11,16-17,36H2,1-3H3,(H,37,42)(H,38,43);4-11,14-15H,12-13H2,1-3H3,(H,32,36)(H,33,37)(H,38,39);4-6,9H2,1-3H3,(H,10,11)/t18-,19+;14-,15+;. The molecule has 6 aromatic rings. The number of pyridine rings is 2. The van der Waals surface area contributed by atoms with Gasteiger partial charge in [-0.2, -0.15) is 26.3 Å². The molecule has 0 bridgehead atoms. The summed E-state index contributed by atoms with van der Waals surface area (Å²) < 4.78 is 117. The number of nitrogens with two attached hydrogens (primary N) is 2. The van der Waals surface area contributed by atoms with Crippen LogP contribution in [0.4, 0.5) is 62.7 Å². The molecule has 10 N–H and O–H groups in total. The zero-order chi connectivity index (χ0) is 69.7. The number of ketones is 1. The number of aromatic nitrogens is 2. The smallest absolute Gasteiger partial charge is 0.417 e. The van der Waals surface area contributed by atoms with Gasteiger partial charge < -0.3 is 57.0 Å². The average Bonchev–Trinajstić information content (AvgIpc) is 0.795. The maximum atomic E-state index is 15.3. The first-order valence-electron chi connectivity index (χ1n) is 30.2. The molecule has 4 aromatic carbocycles. The highest BCUT2D eigenvalue weighted by Crippen LogP contribution is 2.39. The molecule has 0 unspecified atom stereocenters. The molecule has 4 heterocycles. The SMILES string of the molecule is CC(C)(C)OC(=O)NCCCN.C[C@@H]1CN(c2ccc(-c3ccc(C(=O)CCCCN)cc3F)cc2NC(=O)c2c[nH]c(=O)cc2C(F)(F)F)C[C@H](C)N1C.C[C@@H]1CN(c2ccc(-c3ccc(C(=O)O)cc3F)cc2NC(=O)c2c[nH]c(=O)cc2C(F)(F)F)C[C@H](C)N1C. The number of hydrogen-bond acceptors (Lipinski definition) is 14. The van der Waals surface area contributed by atoms with E-state index in [9.17, 15) is 64.3 Å². The van der Waals surface area contributed by atoms with E-state index in [1.54, 1.807) is 24.3 Å². The molecule has 2 saturated heterocycles. The maximum absolute atomic E-state index is 15.3. The van der Waals surface area contributed by atoms with Crippen LogP contribution in [0.1, 0.15) is 127 Å². The third-order valence-electron chi connectivity index (χ3n) is 15.9. The highest BCUT2D eigenvalue weighted by molar-refractivity contribution is 6.08. The number of benzene rings is 4. The van der Waals surface area contributed by atoms with E-state index in [0.29, 0.717) is 93.9 Å². The van der Waals surface area contributed by atoms with Gasteiger partial charge >= 0.3 is 24.4 Å². The van der Waals surface area contributed by atoms with Crippen LogP contribution in [0, 0.1) is 11.6 Å². The van der Waals surface area contributed by atoms with Crippen molar-refractivity contribution < 1.29 is 68.9 Å². The molecule has 28 heteroatoms. The lowest BCUT2D eigenvalue weighted by Crippen LogP contribution is -2.55. The van der Waals surface area contributed by atoms with Crippen molar-refractivity contribution in [2.45, 2.75) is 116 Å². The number of H-pyrrole nitrogens is 2. The highest BCUT2D eigenvalue weighted by Gasteiger charge is 2.38. The highest BCUT2D eigenvalue weighted by atomic mass is 19.4. The predicted octanol–water partition coefficient (Wildman–Crippen LogP) is 10.8. The minimum Gasteiger partial charge on any atom is -0.478 e. The third kappa shape index (κ3) is 19.8. The van der Waals surface area contributed by atoms with E-state index in [1.165, 1.54) is 36.4 Å². The number of likely N-dealkylation sites (N-methyl/N-ethyl adjacent to an activating group) is 2. The number of nitrogens with one attached hydrogen (secondary N) is 5. The predicted molar refractivity (Wildman–Crippen MR) is 344 cm³/mol. The number of hydrogen-bond donors (Lipinski definition) is 8. The number of Topliss-reactive ketones (excluding diaryl/α,β-unsaturated/α-hetero) is 1. The number of aromatic carboxylic acids is 1. The molecular formula is C66H79F8N11O9. The quantitative estimate of drug-likeness (QED) is 0.0239. The van der Waals surface area contributed by atoms with Gasteiger partial charge in [0.15, 0.2) is 5.78 Å². The Morgan fingerprint density at radius 1 is 0.585 bits per heavy atom. The number of nitrogens with zero attached hydrogens (tertiary/aromatic N) is 4. The number of piperazine rings is 2. The number of rotatable bonds is 17. The molecule has 8 rings (SSSR count). The Morgan fingerprint density at radius 2 is 0.989 bits per heavy atom. The van der Waals surface area contributed by atoms with Gasteiger partial charge in [0.2, 0.25) is 11.1 Å². The first-order chi connectivity index (χ1) is 44.0. The number of amides is 3. The molecule has 2 aliphatic heterocycles. The number of unbranched alkanes of at least 4 members (excludes halogenated alkanes) is 1. The van der Waals surface area contributed by atoms with Gasteiger partial charge in [0.25, 0.3) is 11.8 Å². The summed E-state index contributed by atoms with van der Waals surface area (Å²) in [5.74, 6) is -5.19. The third-order valence-corrected chi connectivity index (χ3v) is 15.9. The molecule has 2 aromatic heterocycles. The summed E-state index contributed by atoms with van der Waals surface area (Å²) in [4.78, 5) is 96.8. The Morgan fingerprint density at radius 3 is 1.36 bits per heavy atom. The van der Waals surface area contributed by atoms with E-state index in [-0.39, 0.29) is 81.7 Å². The average molecular weight is 1320 g/mol. The number of alkyl halides is 6. The Hall–Kier alpha value is -8.99. The van der Waals surface area contributed by atoms with Crippen molar-refractivity contribution in [3.63, 3.8) is 0 Å². The molecule has 20 nitrogen and oxygen atoms in total. The number of carbonyl (C=O) groups is 5. The molecular weight excluding hydrogens is 1240 g/mol. The Balaban J connectivity index is 0.000000255. The molecule has 2 aliphatic rings. The van der Waals surface area contributed by atoms with Crippen molar-refractivity contribution in [2.24, 2.45) is 11.5 Å². The van der Waals surface area contributed by atoms with Crippen LogP contribution in [0.25, 0.3) is 22.3 Å². The monoisotopic (exact) mass is 1320 g/mol. The number of ether oxygens (including phenoxy) is 1. The molecule has 2 fully saturated rings. The summed E-state index contributed by atoms with van der Waals surface area (Å²) in [5.41, 5.74) is 6.16. The zero-order valence-corrected chi connectivity index (χ0v) is 53.5. The second-order valence-electron chi connectivity index (χ2n) is 24.1. The lowest BCUT2D eigenvalue weighted by atomic mass is 9.98. The number of anilines is 4. The van der Waals surface area contributed by atoms with Gasteiger partial charge in [0.1, 0.15) is 17.2 Å². The van der Waals surface area contributed by atoms with Crippen molar-refractivity contribution in [1.29, 1.82) is 0 Å². The second kappa shape index (κ2) is 31.8. The minimum atomic E-state index is -4.96. The number of carbonyl (C=O) groups excluding carboxylic acids is 4. The maximum Gasteiger partial charge on any atom is 0.417 e. The van der Waals surface area contributed by atoms with Gasteiger partial charge in [0.05, 0.1) is 50.6 Å². The molecule has 508 valence electrons. The first kappa shape index (κ1) is 74.1. The van der Waals surface area contributed by atoms with Crippen LogP contribution < -0.4 is 48.3 Å². The molecule has 94 heavy (non-hydrogen) atoms. The summed E-state index contributed by atoms with van der Waals surface area (Å²) in [7, 11) is 3.99. The largest absolute Gasteiger partial charge is 0.478 e. The van der Waals surface area contributed by atoms with E-state index in [2.05, 4.69) is 35.7 Å². The topological polar surface area (TPSA) is 282 Å². The zero-order valence-electron chi connectivity index (χ0n) is 53.5. The first-order valence-corrected chi connectivity index (χ1v) is 30.2. The van der Waals surface area contributed by atoms with Crippen molar-refractivity contribution >= 4 is 52.4 Å². The molecule has 3 amide bonds. The van der Waals surface area contributed by atoms with E-state index in [4.69, 9.17) is 21.3 Å². The van der Waals surface area contributed by atoms with Crippen LogP contribution in [0.3, 0.4) is 0 Å². The van der Waals surface area contributed by atoms with Crippen LogP contribution in [-0.2, 0) is 17.1 Å². The number of aromatic amines is 2. The normalized spacial score (nSPS) is 17.0. The van der Waals surface area contributed by atoms with Crippen LogP contribution in [-0.4, -0.2) is 144 Å². The summed E-state index contributed by atoms with van der Waals surface area (Å²) in [6.45, 7) is 17.5. The lowest BCUT2D eigenvalue weighted by Gasteiger charge is -2.44. The number of carboxylic acids is 1. The van der Waals surface area contributed by atoms with Gasteiger partial charge in [-0.05, 0) is 149 Å². The van der Waals surface area contributed by atoms with Crippen LogP contribution >= 0.6 is 0 Å². The number of alkyl carbamates (subject to hydrolysis) is 1. The molecule has 0 saturated carbocycles. The van der Waals surface area contributed by atoms with E-state index in [0.717, 1.165) is 24.8 Å². The van der Waals surface area contributed by atoms with Crippen molar-refractivity contribution in [3.05, 3.63) is 163 Å². The summed E-state index contributed by atoms with van der Waals surface area (Å²) in [6, 6.07) is 18.2. The van der Waals surface area contributed by atoms with Crippen LogP contribution in [0.2, 0.25) is 0 Å². The van der Waals surface area contributed by atoms with Crippen molar-refractivity contribution in [3.8, 4) is 22.3 Å². The minimum absolute atomic E-state index is 0.0437. The van der Waals surface area contributed by atoms with Gasteiger partial charge in [-0.1, -0.05) is 30.3 Å². The van der Waals surface area contributed by atoms with Crippen molar-refractivity contribution in [2.75, 3.05) is 80.3 Å². The van der Waals surface area contributed by atoms with E-state index < -0.39 is 80.7 Å². The van der Waals surface area contributed by atoms with Gasteiger partial charge in [-0.3, -0.25) is 33.8 Å². The fourth-order valence-corrected chi connectivity index (χ4v) is 10.5. The van der Waals surface area contributed by atoms with Crippen LogP contribution in [0.5, 0.6) is 0 Å². The molecule has 0 aliphatic carbocycles. The molecule has 0 spiro atoms. The van der Waals surface area contributed by atoms with Crippen molar-refractivity contribution in [1.82, 2.24) is 25.1 Å². The van der Waals surface area contributed by atoms with Gasteiger partial charge in [-0.25, -0.2) is 18.4 Å². The van der Waals surface area contributed by atoms with E-state index in [1.807, 2.05) is 72.4 Å². The Bertz CT molecular complexity index is 3790. The van der Waals surface area contributed by atoms with Crippen LogP contribution in [0.15, 0.2) is 107 Å². The number of halogens is 8. The van der Waals surface area contributed by atoms with E-state index >= 15 is 4.39 Å². The fraction of sp³-hybridized carbons (Fsp3) is 0.409. The fourth-order valence-electron chi connectivity index (χ4n) is 10.5.